The normalized spacial score (nSPS) is 11.5. The largest absolute Gasteiger partial charge is 0.372 e. The molecule has 0 aliphatic heterocycles. The topological polar surface area (TPSA) is 15.7 Å². The SMILES string of the molecule is CN(CCc1c(COCc2ccc(Cl)c(Cl)c2CCN(C)Cc2ccccc2)ccc(Cl)c1Cl)Cc1ccccc1. The van der Waals surface area contributed by atoms with Crippen molar-refractivity contribution in [3.05, 3.63) is 138 Å². The fourth-order valence-corrected chi connectivity index (χ4v) is 5.81. The molecule has 0 saturated heterocycles. The van der Waals surface area contributed by atoms with Crippen LogP contribution in [0.15, 0.2) is 84.9 Å². The first-order valence-electron chi connectivity index (χ1n) is 13.8. The standard InChI is InChI=1S/C34H36Cl4N2O/c1-39(21-25-9-5-3-6-10-25)19-17-29-27(13-15-31(35)33(29)37)23-41-24-28-14-16-32(36)34(38)30(28)18-20-40(2)22-26-11-7-4-8-12-26/h3-16H,17-24H2,1-2H3. The highest BCUT2D eigenvalue weighted by Gasteiger charge is 2.15. The lowest BCUT2D eigenvalue weighted by molar-refractivity contribution is 0.106. The molecule has 0 spiro atoms. The molecule has 4 rings (SSSR count). The maximum Gasteiger partial charge on any atom is 0.0724 e. The molecular weight excluding hydrogens is 594 g/mol. The van der Waals surface area contributed by atoms with Crippen LogP contribution in [0.2, 0.25) is 20.1 Å². The Morgan fingerprint density at radius 3 is 1.32 bits per heavy atom. The number of ether oxygens (including phenoxy) is 1. The fraction of sp³-hybridized carbons (Fsp3) is 0.294. The highest BCUT2D eigenvalue weighted by atomic mass is 35.5. The Kier molecular flexibility index (Phi) is 12.4. The van der Waals surface area contributed by atoms with E-state index in [1.54, 1.807) is 0 Å². The predicted octanol–water partition coefficient (Wildman–Crippen LogP) is 9.37. The molecule has 0 aliphatic carbocycles. The molecule has 0 heterocycles. The number of benzene rings is 4. The van der Waals surface area contributed by atoms with E-state index in [1.165, 1.54) is 11.1 Å². The molecule has 0 unspecified atom stereocenters. The van der Waals surface area contributed by atoms with E-state index in [0.717, 1.165) is 61.3 Å². The van der Waals surface area contributed by atoms with Gasteiger partial charge in [0.2, 0.25) is 0 Å². The van der Waals surface area contributed by atoms with Gasteiger partial charge in [0.25, 0.3) is 0 Å². The summed E-state index contributed by atoms with van der Waals surface area (Å²) in [6.07, 6.45) is 1.54. The minimum absolute atomic E-state index is 0.419. The minimum atomic E-state index is 0.419. The molecule has 0 N–H and O–H groups in total. The molecule has 0 fully saturated rings. The molecule has 4 aromatic carbocycles. The van der Waals surface area contributed by atoms with Crippen molar-refractivity contribution in [2.45, 2.75) is 39.1 Å². The molecule has 41 heavy (non-hydrogen) atoms. The van der Waals surface area contributed by atoms with Crippen molar-refractivity contribution in [1.29, 1.82) is 0 Å². The number of rotatable bonds is 14. The van der Waals surface area contributed by atoms with Gasteiger partial charge in [0.1, 0.15) is 0 Å². The number of likely N-dealkylation sites (N-methyl/N-ethyl adjacent to an activating group) is 2. The van der Waals surface area contributed by atoms with Crippen molar-refractivity contribution in [2.24, 2.45) is 0 Å². The number of halogens is 4. The summed E-state index contributed by atoms with van der Waals surface area (Å²) >= 11 is 26.2. The summed E-state index contributed by atoms with van der Waals surface area (Å²) in [5.41, 5.74) is 6.68. The van der Waals surface area contributed by atoms with Gasteiger partial charge in [-0.3, -0.25) is 0 Å². The van der Waals surface area contributed by atoms with Crippen molar-refractivity contribution in [1.82, 2.24) is 9.80 Å². The summed E-state index contributed by atoms with van der Waals surface area (Å²) in [4.78, 5) is 4.57. The molecule has 0 radical (unpaired) electrons. The maximum atomic E-state index is 6.69. The monoisotopic (exact) mass is 628 g/mol. The Balaban J connectivity index is 1.38. The molecule has 7 heteroatoms. The van der Waals surface area contributed by atoms with Gasteiger partial charge in [0, 0.05) is 26.2 Å². The summed E-state index contributed by atoms with van der Waals surface area (Å²) in [5.74, 6) is 0. The molecule has 0 aliphatic rings. The van der Waals surface area contributed by atoms with Crippen LogP contribution >= 0.6 is 46.4 Å². The van der Waals surface area contributed by atoms with Crippen molar-refractivity contribution in [3.8, 4) is 0 Å². The van der Waals surface area contributed by atoms with Gasteiger partial charge < -0.3 is 14.5 Å². The van der Waals surface area contributed by atoms with Crippen LogP contribution in [0.1, 0.15) is 33.4 Å². The van der Waals surface area contributed by atoms with Crippen LogP contribution in [0.5, 0.6) is 0 Å². The zero-order valence-electron chi connectivity index (χ0n) is 23.6. The first kappa shape index (κ1) is 31.8. The van der Waals surface area contributed by atoms with E-state index in [-0.39, 0.29) is 0 Å². The molecule has 0 amide bonds. The van der Waals surface area contributed by atoms with Crippen molar-refractivity contribution >= 4 is 46.4 Å². The lowest BCUT2D eigenvalue weighted by atomic mass is 10.0. The van der Waals surface area contributed by atoms with E-state index in [9.17, 15) is 0 Å². The molecule has 0 aromatic heterocycles. The van der Waals surface area contributed by atoms with Crippen molar-refractivity contribution in [2.75, 3.05) is 27.2 Å². The molecule has 0 atom stereocenters. The molecule has 0 saturated carbocycles. The quantitative estimate of drug-likeness (QED) is 0.138. The lowest BCUT2D eigenvalue weighted by Gasteiger charge is -2.20. The smallest absolute Gasteiger partial charge is 0.0724 e. The number of hydrogen-bond donors (Lipinski definition) is 0. The third-order valence-corrected chi connectivity index (χ3v) is 8.87. The Bertz CT molecular complexity index is 1290. The molecule has 4 aromatic rings. The van der Waals surface area contributed by atoms with Gasteiger partial charge in [-0.05, 0) is 72.5 Å². The number of hydrogen-bond acceptors (Lipinski definition) is 3. The summed E-state index contributed by atoms with van der Waals surface area (Å²) in [6.45, 7) is 4.26. The second kappa shape index (κ2) is 16.0. The summed E-state index contributed by atoms with van der Waals surface area (Å²) in [6, 6.07) is 28.6. The van der Waals surface area contributed by atoms with Gasteiger partial charge in [-0.25, -0.2) is 0 Å². The van der Waals surface area contributed by atoms with E-state index in [0.29, 0.717) is 33.3 Å². The third-order valence-electron chi connectivity index (χ3n) is 7.18. The van der Waals surface area contributed by atoms with Crippen LogP contribution in [-0.2, 0) is 43.9 Å². The van der Waals surface area contributed by atoms with Gasteiger partial charge in [-0.1, -0.05) is 119 Å². The van der Waals surface area contributed by atoms with Crippen molar-refractivity contribution < 1.29 is 4.74 Å². The van der Waals surface area contributed by atoms with Crippen molar-refractivity contribution in [3.63, 3.8) is 0 Å². The predicted molar refractivity (Wildman–Crippen MR) is 174 cm³/mol. The van der Waals surface area contributed by atoms with Gasteiger partial charge in [-0.15, -0.1) is 0 Å². The van der Waals surface area contributed by atoms with Crippen LogP contribution in [0, 0.1) is 0 Å². The molecule has 3 nitrogen and oxygen atoms in total. The van der Waals surface area contributed by atoms with Gasteiger partial charge >= 0.3 is 0 Å². The van der Waals surface area contributed by atoms with Crippen LogP contribution in [0.25, 0.3) is 0 Å². The van der Waals surface area contributed by atoms with E-state index >= 15 is 0 Å². The van der Waals surface area contributed by atoms with Gasteiger partial charge in [-0.2, -0.15) is 0 Å². The summed E-state index contributed by atoms with van der Waals surface area (Å²) < 4.78 is 6.25. The molecular formula is C34H36Cl4N2O. The highest BCUT2D eigenvalue weighted by molar-refractivity contribution is 6.43. The fourth-order valence-electron chi connectivity index (χ4n) is 4.90. The first-order valence-corrected chi connectivity index (χ1v) is 15.3. The Morgan fingerprint density at radius 2 is 0.927 bits per heavy atom. The molecule has 0 bridgehead atoms. The first-order chi connectivity index (χ1) is 19.8. The zero-order chi connectivity index (χ0) is 29.2. The Labute approximate surface area is 264 Å². The molecule has 216 valence electrons. The maximum absolute atomic E-state index is 6.69. The second-order valence-corrected chi connectivity index (χ2v) is 12.0. The Morgan fingerprint density at radius 1 is 0.537 bits per heavy atom. The zero-order valence-corrected chi connectivity index (χ0v) is 26.6. The van der Waals surface area contributed by atoms with Gasteiger partial charge in [0.05, 0.1) is 33.3 Å². The van der Waals surface area contributed by atoms with E-state index in [1.807, 2.05) is 36.4 Å². The highest BCUT2D eigenvalue weighted by Crippen LogP contribution is 2.32. The average Bonchev–Trinajstić information content (AvgIpc) is 2.97. The van der Waals surface area contributed by atoms with Crippen LogP contribution < -0.4 is 0 Å². The van der Waals surface area contributed by atoms with Gasteiger partial charge in [0.15, 0.2) is 0 Å². The van der Waals surface area contributed by atoms with Crippen LogP contribution in [0.4, 0.5) is 0 Å². The number of nitrogens with zero attached hydrogens (tertiary/aromatic N) is 2. The second-order valence-electron chi connectivity index (χ2n) is 10.4. The van der Waals surface area contributed by atoms with Crippen LogP contribution in [0.3, 0.4) is 0 Å². The Hall–Kier alpha value is -2.08. The summed E-state index contributed by atoms with van der Waals surface area (Å²) in [7, 11) is 4.23. The lowest BCUT2D eigenvalue weighted by Crippen LogP contribution is -2.21. The third kappa shape index (κ3) is 9.46. The van der Waals surface area contributed by atoms with E-state index in [4.69, 9.17) is 51.1 Å². The average molecular weight is 630 g/mol. The van der Waals surface area contributed by atoms with E-state index < -0.39 is 0 Å². The van der Waals surface area contributed by atoms with Crippen LogP contribution in [-0.4, -0.2) is 37.0 Å². The summed E-state index contributed by atoms with van der Waals surface area (Å²) in [5, 5.41) is 2.31. The van der Waals surface area contributed by atoms with E-state index in [2.05, 4.69) is 72.4 Å². The minimum Gasteiger partial charge on any atom is -0.372 e.